The molecular formula is C28H35ClN8O4S2. The molecule has 0 spiro atoms. The van der Waals surface area contributed by atoms with Gasteiger partial charge in [-0.15, -0.1) is 11.3 Å². The number of non-ortho nitro benzene ring substituents is 1. The second kappa shape index (κ2) is 13.5. The first-order chi connectivity index (χ1) is 20.7. The second-order valence-corrected chi connectivity index (χ2v) is 14.5. The summed E-state index contributed by atoms with van der Waals surface area (Å²) in [5, 5.41) is 14.6. The highest BCUT2D eigenvalue weighted by atomic mass is 35.5. The maximum Gasteiger partial charge on any atom is 0.269 e. The number of hydrogen-bond donors (Lipinski definition) is 1. The van der Waals surface area contributed by atoms with E-state index in [9.17, 15) is 18.5 Å². The minimum Gasteiger partial charge on any atom is -0.368 e. The van der Waals surface area contributed by atoms with Gasteiger partial charge in [-0.2, -0.15) is 14.3 Å². The Morgan fingerprint density at radius 1 is 1.09 bits per heavy atom. The summed E-state index contributed by atoms with van der Waals surface area (Å²) in [6.07, 6.45) is 6.20. The van der Waals surface area contributed by atoms with Gasteiger partial charge in [-0.1, -0.05) is 56.8 Å². The molecule has 230 valence electrons. The maximum atomic E-state index is 13.1. The van der Waals surface area contributed by atoms with Crippen LogP contribution in [0.4, 0.5) is 17.5 Å². The minimum atomic E-state index is -3.63. The van der Waals surface area contributed by atoms with Crippen molar-refractivity contribution in [1.29, 1.82) is 0 Å². The number of hydrogen-bond acceptors (Lipinski definition) is 10. The average molecular weight is 647 g/mol. The Bertz CT molecular complexity index is 1670. The molecule has 1 fully saturated rings. The molecule has 4 aromatic rings. The maximum absolute atomic E-state index is 13.1. The lowest BCUT2D eigenvalue weighted by Crippen LogP contribution is -2.49. The average Bonchev–Trinajstić information content (AvgIpc) is 3.64. The van der Waals surface area contributed by atoms with Gasteiger partial charge in [-0.05, 0) is 30.0 Å². The van der Waals surface area contributed by atoms with E-state index in [1.165, 1.54) is 22.9 Å². The number of nitrogens with one attached hydrogen (secondary N) is 1. The molecule has 0 radical (unpaired) electrons. The number of fused-ring (bicyclic) bond motifs is 1. The number of nitro benzene ring substituents is 1. The lowest BCUT2D eigenvalue weighted by molar-refractivity contribution is -0.384. The van der Waals surface area contributed by atoms with Crippen molar-refractivity contribution >= 4 is 61.6 Å². The van der Waals surface area contributed by atoms with Crippen LogP contribution in [-0.4, -0.2) is 69.9 Å². The molecule has 0 bridgehead atoms. The van der Waals surface area contributed by atoms with Crippen LogP contribution in [-0.2, 0) is 16.6 Å². The zero-order chi connectivity index (χ0) is 30.6. The van der Waals surface area contributed by atoms with Gasteiger partial charge in [-0.25, -0.2) is 13.4 Å². The lowest BCUT2D eigenvalue weighted by atomic mass is 9.99. The molecule has 3 aromatic heterocycles. The Morgan fingerprint density at radius 3 is 2.47 bits per heavy atom. The zero-order valence-corrected chi connectivity index (χ0v) is 26.5. The Kier molecular flexibility index (Phi) is 9.79. The minimum absolute atomic E-state index is 0.0345. The van der Waals surface area contributed by atoms with E-state index in [1.54, 1.807) is 30.6 Å². The third-order valence-electron chi connectivity index (χ3n) is 7.72. The van der Waals surface area contributed by atoms with Crippen LogP contribution in [0.5, 0.6) is 0 Å². The van der Waals surface area contributed by atoms with Crippen LogP contribution in [0.15, 0.2) is 46.9 Å². The van der Waals surface area contributed by atoms with Crippen molar-refractivity contribution in [2.24, 2.45) is 5.92 Å². The summed E-state index contributed by atoms with van der Waals surface area (Å²) in [4.78, 5) is 27.1. The molecule has 0 aliphatic carbocycles. The molecule has 0 saturated carbocycles. The van der Waals surface area contributed by atoms with Crippen LogP contribution in [0, 0.1) is 16.0 Å². The number of imidazole rings is 1. The molecule has 43 heavy (non-hydrogen) atoms. The van der Waals surface area contributed by atoms with Crippen LogP contribution in [0.25, 0.3) is 11.2 Å². The zero-order valence-electron chi connectivity index (χ0n) is 24.1. The molecule has 1 saturated heterocycles. The van der Waals surface area contributed by atoms with Gasteiger partial charge in [0.15, 0.2) is 17.0 Å². The summed E-state index contributed by atoms with van der Waals surface area (Å²) in [6.45, 7) is 7.00. The van der Waals surface area contributed by atoms with Crippen molar-refractivity contribution in [3.8, 4) is 0 Å². The SMILES string of the molecule is CCCCC(CC)CNc1nc(N2CCN(S(=O)(=O)c3ccc(Cl)s3)CC2)nc2c1ncn2Cc1ccc([N+](=O)[O-])cc1. The summed E-state index contributed by atoms with van der Waals surface area (Å²) >= 11 is 7.05. The molecule has 1 aliphatic heterocycles. The highest BCUT2D eigenvalue weighted by molar-refractivity contribution is 7.91. The summed E-state index contributed by atoms with van der Waals surface area (Å²) in [5.74, 6) is 1.63. The van der Waals surface area contributed by atoms with Crippen molar-refractivity contribution in [1.82, 2.24) is 23.8 Å². The molecule has 4 heterocycles. The number of piperazine rings is 1. The fourth-order valence-corrected chi connectivity index (χ4v) is 8.17. The number of rotatable bonds is 13. The predicted octanol–water partition coefficient (Wildman–Crippen LogP) is 5.64. The largest absolute Gasteiger partial charge is 0.368 e. The van der Waals surface area contributed by atoms with E-state index in [0.717, 1.165) is 42.7 Å². The summed E-state index contributed by atoms with van der Waals surface area (Å²) in [6, 6.07) is 9.57. The number of nitro groups is 1. The molecule has 1 atom stereocenters. The lowest BCUT2D eigenvalue weighted by Gasteiger charge is -2.33. The molecule has 15 heteroatoms. The third-order valence-corrected chi connectivity index (χ3v) is 11.3. The van der Waals surface area contributed by atoms with Crippen molar-refractivity contribution in [3.05, 3.63) is 62.7 Å². The number of anilines is 2. The Hall–Kier alpha value is -3.33. The second-order valence-electron chi connectivity index (χ2n) is 10.6. The first-order valence-electron chi connectivity index (χ1n) is 14.4. The smallest absolute Gasteiger partial charge is 0.269 e. The Labute approximate surface area is 259 Å². The van der Waals surface area contributed by atoms with Crippen molar-refractivity contribution < 1.29 is 13.3 Å². The van der Waals surface area contributed by atoms with Gasteiger partial charge in [-0.3, -0.25) is 10.1 Å². The number of sulfonamides is 1. The monoisotopic (exact) mass is 646 g/mol. The van der Waals surface area contributed by atoms with Gasteiger partial charge in [0.2, 0.25) is 5.95 Å². The quantitative estimate of drug-likeness (QED) is 0.144. The van der Waals surface area contributed by atoms with Crippen molar-refractivity contribution in [2.75, 3.05) is 42.9 Å². The standard InChI is InChI=1S/C28H35ClN8O4S2/c1-3-5-6-20(4-2)17-30-26-25-27(35(19-31-25)18-21-7-9-22(10-8-21)37(38)39)33-28(32-26)34-13-15-36(16-14-34)43(40,41)24-12-11-23(29)42-24/h7-12,19-20H,3-6,13-18H2,1-2H3,(H,30,32,33). The van der Waals surface area contributed by atoms with E-state index < -0.39 is 14.9 Å². The van der Waals surface area contributed by atoms with Gasteiger partial charge in [0.25, 0.3) is 15.7 Å². The molecule has 1 N–H and O–H groups in total. The normalized spacial score (nSPS) is 15.2. The summed E-state index contributed by atoms with van der Waals surface area (Å²) in [5.41, 5.74) is 2.19. The van der Waals surface area contributed by atoms with E-state index in [2.05, 4.69) is 24.1 Å². The molecule has 1 aliphatic rings. The molecule has 0 amide bonds. The first kappa shape index (κ1) is 31.1. The number of nitrogens with zero attached hydrogens (tertiary/aromatic N) is 7. The third kappa shape index (κ3) is 7.08. The number of benzene rings is 1. The molecule has 1 aromatic carbocycles. The molecule has 5 rings (SSSR count). The van der Waals surface area contributed by atoms with E-state index in [4.69, 9.17) is 21.6 Å². The molecular weight excluding hydrogens is 612 g/mol. The van der Waals surface area contributed by atoms with E-state index in [1.807, 2.05) is 9.47 Å². The van der Waals surface area contributed by atoms with Crippen LogP contribution >= 0.6 is 22.9 Å². The van der Waals surface area contributed by atoms with Gasteiger partial charge in [0, 0.05) is 44.9 Å². The number of thiophene rings is 1. The van der Waals surface area contributed by atoms with Gasteiger partial charge < -0.3 is 14.8 Å². The van der Waals surface area contributed by atoms with Gasteiger partial charge >= 0.3 is 0 Å². The van der Waals surface area contributed by atoms with Crippen LogP contribution < -0.4 is 10.2 Å². The molecule has 1 unspecified atom stereocenters. The Balaban J connectivity index is 1.41. The van der Waals surface area contributed by atoms with Crippen molar-refractivity contribution in [3.63, 3.8) is 0 Å². The van der Waals surface area contributed by atoms with Gasteiger partial charge in [0.1, 0.15) is 4.21 Å². The fourth-order valence-electron chi connectivity index (χ4n) is 5.11. The highest BCUT2D eigenvalue weighted by Crippen LogP contribution is 2.30. The van der Waals surface area contributed by atoms with Crippen LogP contribution in [0.1, 0.15) is 45.1 Å². The number of aromatic nitrogens is 4. The van der Waals surface area contributed by atoms with Crippen molar-refractivity contribution in [2.45, 2.75) is 50.3 Å². The summed E-state index contributed by atoms with van der Waals surface area (Å²) < 4.78 is 30.3. The first-order valence-corrected chi connectivity index (χ1v) is 17.0. The summed E-state index contributed by atoms with van der Waals surface area (Å²) in [7, 11) is -3.63. The number of halogens is 1. The predicted molar refractivity (Wildman–Crippen MR) is 170 cm³/mol. The van der Waals surface area contributed by atoms with E-state index in [0.29, 0.717) is 65.9 Å². The van der Waals surface area contributed by atoms with Gasteiger partial charge in [0.05, 0.1) is 22.1 Å². The van der Waals surface area contributed by atoms with E-state index in [-0.39, 0.29) is 9.90 Å². The van der Waals surface area contributed by atoms with E-state index >= 15 is 0 Å². The molecule has 12 nitrogen and oxygen atoms in total. The van der Waals surface area contributed by atoms with Crippen LogP contribution in [0.2, 0.25) is 4.34 Å². The fraction of sp³-hybridized carbons (Fsp3) is 0.464. The van der Waals surface area contributed by atoms with Crippen LogP contribution in [0.3, 0.4) is 0 Å². The topological polar surface area (TPSA) is 139 Å². The highest BCUT2D eigenvalue weighted by Gasteiger charge is 2.31. The Morgan fingerprint density at radius 2 is 1.84 bits per heavy atom. The number of unbranched alkanes of at least 4 members (excludes halogenated alkanes) is 1.